The van der Waals surface area contributed by atoms with Gasteiger partial charge < -0.3 is 9.63 Å². The first-order valence-electron chi connectivity index (χ1n) is 5.56. The molecule has 2 aromatic rings. The van der Waals surface area contributed by atoms with E-state index in [1.54, 1.807) is 6.07 Å². The van der Waals surface area contributed by atoms with Crippen LogP contribution in [-0.2, 0) is 6.42 Å². The van der Waals surface area contributed by atoms with Gasteiger partial charge in [-0.25, -0.2) is 4.39 Å². The molecule has 96 valence electrons. The van der Waals surface area contributed by atoms with Gasteiger partial charge in [-0.15, -0.1) is 0 Å². The van der Waals surface area contributed by atoms with E-state index in [4.69, 9.17) is 4.52 Å². The van der Waals surface area contributed by atoms with Crippen LogP contribution in [-0.4, -0.2) is 21.4 Å². The third kappa shape index (κ3) is 2.94. The number of nitrogens with zero attached hydrogens (tertiary/aromatic N) is 2. The molecule has 0 spiro atoms. The zero-order chi connectivity index (χ0) is 13.1. The molecule has 0 radical (unpaired) electrons. The average Bonchev–Trinajstić information content (AvgIpc) is 2.77. The van der Waals surface area contributed by atoms with Crippen molar-refractivity contribution < 1.29 is 14.0 Å². The van der Waals surface area contributed by atoms with E-state index in [1.807, 2.05) is 6.92 Å². The van der Waals surface area contributed by atoms with E-state index in [9.17, 15) is 9.50 Å². The molecule has 1 atom stereocenters. The van der Waals surface area contributed by atoms with Gasteiger partial charge in [-0.3, -0.25) is 0 Å². The highest BCUT2D eigenvalue weighted by Crippen LogP contribution is 2.26. The first-order valence-corrected chi connectivity index (χ1v) is 6.35. The van der Waals surface area contributed by atoms with Crippen LogP contribution in [0.1, 0.15) is 19.2 Å². The molecule has 1 unspecified atom stereocenters. The summed E-state index contributed by atoms with van der Waals surface area (Å²) in [6.07, 6.45) is 0.454. The molecule has 0 saturated carbocycles. The second kappa shape index (κ2) is 5.58. The van der Waals surface area contributed by atoms with E-state index in [0.717, 1.165) is 0 Å². The Kier molecular flexibility index (Phi) is 4.08. The number of benzene rings is 1. The van der Waals surface area contributed by atoms with Gasteiger partial charge in [0.2, 0.25) is 11.7 Å². The maximum atomic E-state index is 13.0. The van der Waals surface area contributed by atoms with Crippen molar-refractivity contribution in [2.45, 2.75) is 25.9 Å². The minimum atomic E-state index is -0.491. The van der Waals surface area contributed by atoms with Gasteiger partial charge >= 0.3 is 0 Å². The maximum Gasteiger partial charge on any atom is 0.229 e. The Morgan fingerprint density at radius 2 is 2.28 bits per heavy atom. The van der Waals surface area contributed by atoms with Crippen molar-refractivity contribution in [2.75, 3.05) is 0 Å². The molecule has 1 aromatic heterocycles. The van der Waals surface area contributed by atoms with Crippen LogP contribution in [0.4, 0.5) is 4.39 Å². The molecule has 0 fully saturated rings. The van der Waals surface area contributed by atoms with Crippen LogP contribution in [0.2, 0.25) is 0 Å². The molecule has 1 N–H and O–H groups in total. The van der Waals surface area contributed by atoms with E-state index in [2.05, 4.69) is 26.1 Å². The molecule has 1 aromatic carbocycles. The van der Waals surface area contributed by atoms with Crippen LogP contribution in [0.15, 0.2) is 27.2 Å². The zero-order valence-electron chi connectivity index (χ0n) is 9.73. The monoisotopic (exact) mass is 314 g/mol. The number of aromatic nitrogens is 2. The largest absolute Gasteiger partial charge is 0.393 e. The normalized spacial score (nSPS) is 12.7. The molecule has 1 heterocycles. The second-order valence-corrected chi connectivity index (χ2v) is 4.76. The minimum Gasteiger partial charge on any atom is -0.393 e. The summed E-state index contributed by atoms with van der Waals surface area (Å²) in [5.74, 6) is 0.409. The number of halogens is 2. The first kappa shape index (κ1) is 13.2. The number of hydrogen-bond acceptors (Lipinski definition) is 4. The Bertz CT molecular complexity index is 545. The summed E-state index contributed by atoms with van der Waals surface area (Å²) in [7, 11) is 0. The topological polar surface area (TPSA) is 59.2 Å². The fourth-order valence-electron chi connectivity index (χ4n) is 1.46. The smallest absolute Gasteiger partial charge is 0.229 e. The Balaban J connectivity index is 2.24. The molecule has 0 aliphatic carbocycles. The van der Waals surface area contributed by atoms with Gasteiger partial charge in [-0.2, -0.15) is 4.98 Å². The molecule has 0 saturated heterocycles. The van der Waals surface area contributed by atoms with Crippen LogP contribution in [0, 0.1) is 5.82 Å². The number of aliphatic hydroxyl groups excluding tert-OH is 1. The summed E-state index contributed by atoms with van der Waals surface area (Å²) < 4.78 is 18.6. The van der Waals surface area contributed by atoms with E-state index in [0.29, 0.717) is 34.6 Å². The fraction of sp³-hybridized carbons (Fsp3) is 0.333. The minimum absolute atomic E-state index is 0.322. The van der Waals surface area contributed by atoms with Gasteiger partial charge in [-0.1, -0.05) is 12.1 Å². The highest BCUT2D eigenvalue weighted by atomic mass is 79.9. The third-order valence-electron chi connectivity index (χ3n) is 2.52. The lowest BCUT2D eigenvalue weighted by Gasteiger charge is -2.01. The van der Waals surface area contributed by atoms with Gasteiger partial charge in [0.1, 0.15) is 5.82 Å². The van der Waals surface area contributed by atoms with Gasteiger partial charge in [0.15, 0.2) is 0 Å². The van der Waals surface area contributed by atoms with Gasteiger partial charge in [0, 0.05) is 10.0 Å². The summed E-state index contributed by atoms with van der Waals surface area (Å²) >= 11 is 3.25. The average molecular weight is 315 g/mol. The van der Waals surface area contributed by atoms with Crippen molar-refractivity contribution in [1.82, 2.24) is 10.1 Å². The summed E-state index contributed by atoms with van der Waals surface area (Å²) in [4.78, 5) is 4.17. The van der Waals surface area contributed by atoms with Gasteiger partial charge in [-0.05, 0) is 40.5 Å². The summed E-state index contributed by atoms with van der Waals surface area (Å²) in [5, 5.41) is 13.3. The SMILES string of the molecule is CCC(O)Cc1nc(-c2ccc(F)cc2Br)no1. The predicted molar refractivity (Wildman–Crippen MR) is 67.4 cm³/mol. The van der Waals surface area contributed by atoms with E-state index >= 15 is 0 Å². The van der Waals surface area contributed by atoms with Gasteiger partial charge in [0.25, 0.3) is 0 Å². The standard InChI is InChI=1S/C12H12BrFN2O2/c1-2-8(17)6-11-15-12(16-18-11)9-4-3-7(14)5-10(9)13/h3-5,8,17H,2,6H2,1H3. The molecule has 2 rings (SSSR count). The van der Waals surface area contributed by atoms with Crippen LogP contribution in [0.25, 0.3) is 11.4 Å². The summed E-state index contributed by atoms with van der Waals surface area (Å²) in [6, 6.07) is 4.24. The Labute approximate surface area is 112 Å². The lowest BCUT2D eigenvalue weighted by atomic mass is 10.2. The second-order valence-electron chi connectivity index (χ2n) is 3.90. The highest BCUT2D eigenvalue weighted by molar-refractivity contribution is 9.10. The Morgan fingerprint density at radius 1 is 1.50 bits per heavy atom. The maximum absolute atomic E-state index is 13.0. The first-order chi connectivity index (χ1) is 8.60. The lowest BCUT2D eigenvalue weighted by Crippen LogP contribution is -2.08. The Morgan fingerprint density at radius 3 is 2.94 bits per heavy atom. The molecule has 0 aliphatic rings. The van der Waals surface area contributed by atoms with Crippen LogP contribution < -0.4 is 0 Å². The summed E-state index contributed by atoms with van der Waals surface area (Å²) in [5.41, 5.74) is 0.650. The molecule has 0 amide bonds. The number of rotatable bonds is 4. The Hall–Kier alpha value is -1.27. The quantitative estimate of drug-likeness (QED) is 0.942. The van der Waals surface area contributed by atoms with E-state index in [1.165, 1.54) is 12.1 Å². The third-order valence-corrected chi connectivity index (χ3v) is 3.18. The number of aliphatic hydroxyl groups is 1. The van der Waals surface area contributed by atoms with Crippen molar-refractivity contribution in [3.63, 3.8) is 0 Å². The molecule has 6 heteroatoms. The number of hydrogen-bond donors (Lipinski definition) is 1. The molecular weight excluding hydrogens is 303 g/mol. The predicted octanol–water partition coefficient (Wildman–Crippen LogP) is 2.95. The molecule has 0 aliphatic heterocycles. The fourth-order valence-corrected chi connectivity index (χ4v) is 1.99. The van der Waals surface area contributed by atoms with Crippen molar-refractivity contribution in [3.05, 3.63) is 34.4 Å². The van der Waals surface area contributed by atoms with Crippen molar-refractivity contribution in [1.29, 1.82) is 0 Å². The molecule has 18 heavy (non-hydrogen) atoms. The van der Waals surface area contributed by atoms with E-state index < -0.39 is 6.10 Å². The highest BCUT2D eigenvalue weighted by Gasteiger charge is 2.14. The zero-order valence-corrected chi connectivity index (χ0v) is 11.3. The van der Waals surface area contributed by atoms with Crippen LogP contribution in [0.3, 0.4) is 0 Å². The summed E-state index contributed by atoms with van der Waals surface area (Å²) in [6.45, 7) is 1.87. The molecule has 4 nitrogen and oxygen atoms in total. The van der Waals surface area contributed by atoms with E-state index in [-0.39, 0.29) is 5.82 Å². The van der Waals surface area contributed by atoms with Crippen molar-refractivity contribution in [3.8, 4) is 11.4 Å². The van der Waals surface area contributed by atoms with Crippen molar-refractivity contribution in [2.24, 2.45) is 0 Å². The van der Waals surface area contributed by atoms with Crippen LogP contribution >= 0.6 is 15.9 Å². The lowest BCUT2D eigenvalue weighted by molar-refractivity contribution is 0.158. The molecular formula is C12H12BrFN2O2. The van der Waals surface area contributed by atoms with Gasteiger partial charge in [0.05, 0.1) is 12.5 Å². The molecule has 0 bridgehead atoms. The van der Waals surface area contributed by atoms with Crippen LogP contribution in [0.5, 0.6) is 0 Å². The van der Waals surface area contributed by atoms with Crippen molar-refractivity contribution >= 4 is 15.9 Å².